The van der Waals surface area contributed by atoms with Gasteiger partial charge in [0.2, 0.25) is 0 Å². The van der Waals surface area contributed by atoms with Crippen LogP contribution in [0.1, 0.15) is 52.4 Å². The Hall–Kier alpha value is -1.91. The maximum atomic E-state index is 11.8. The van der Waals surface area contributed by atoms with Crippen LogP contribution in [0.5, 0.6) is 0 Å². The normalized spacial score (nSPS) is 10.2. The molecule has 0 saturated carbocycles. The fraction of sp³-hybridized carbons (Fsp3) is 0.462. The minimum absolute atomic E-state index is 0.125. The number of aryl methyl sites for hydroxylation is 1. The molecular formula is C13H17NO4. The summed E-state index contributed by atoms with van der Waals surface area (Å²) >= 11 is 0. The molecule has 0 unspecified atom stereocenters. The standard InChI is InChI=1S/C13H17NO4/c1-4-18-13(17)12-10(6-5-7-15)11(9(3)16)8(2)14-12/h7,14H,4-6H2,1-3H3. The molecule has 1 N–H and O–H groups in total. The van der Waals surface area contributed by atoms with Crippen molar-refractivity contribution in [2.75, 3.05) is 6.61 Å². The third kappa shape index (κ3) is 2.85. The Morgan fingerprint density at radius 1 is 1.39 bits per heavy atom. The smallest absolute Gasteiger partial charge is 0.355 e. The van der Waals surface area contributed by atoms with E-state index in [4.69, 9.17) is 4.74 Å². The van der Waals surface area contributed by atoms with E-state index in [0.29, 0.717) is 23.2 Å². The van der Waals surface area contributed by atoms with Gasteiger partial charge in [-0.1, -0.05) is 0 Å². The lowest BCUT2D eigenvalue weighted by Crippen LogP contribution is -2.09. The van der Waals surface area contributed by atoms with Crippen LogP contribution < -0.4 is 0 Å². The lowest BCUT2D eigenvalue weighted by atomic mass is 10.0. The summed E-state index contributed by atoms with van der Waals surface area (Å²) in [5, 5.41) is 0. The molecule has 0 fully saturated rings. The molecule has 0 atom stereocenters. The zero-order valence-corrected chi connectivity index (χ0v) is 10.8. The van der Waals surface area contributed by atoms with E-state index < -0.39 is 5.97 Å². The van der Waals surface area contributed by atoms with E-state index in [9.17, 15) is 14.4 Å². The molecule has 1 heterocycles. The molecule has 5 nitrogen and oxygen atoms in total. The number of esters is 1. The molecule has 0 spiro atoms. The number of ether oxygens (including phenoxy) is 1. The first-order chi connectivity index (χ1) is 8.52. The number of H-pyrrole nitrogens is 1. The fourth-order valence-electron chi connectivity index (χ4n) is 1.98. The molecule has 0 radical (unpaired) electrons. The molecule has 98 valence electrons. The number of aromatic amines is 1. The van der Waals surface area contributed by atoms with Gasteiger partial charge in [0.1, 0.15) is 12.0 Å². The molecule has 0 aliphatic rings. The number of nitrogens with one attached hydrogen (secondary N) is 1. The van der Waals surface area contributed by atoms with Crippen molar-refractivity contribution < 1.29 is 19.1 Å². The molecule has 5 heteroatoms. The van der Waals surface area contributed by atoms with Gasteiger partial charge >= 0.3 is 5.97 Å². The van der Waals surface area contributed by atoms with Crippen molar-refractivity contribution in [3.63, 3.8) is 0 Å². The minimum atomic E-state index is -0.492. The SMILES string of the molecule is CCOC(=O)c1[nH]c(C)c(C(C)=O)c1CCC=O. The summed E-state index contributed by atoms with van der Waals surface area (Å²) < 4.78 is 4.93. The maximum absolute atomic E-state index is 11.8. The van der Waals surface area contributed by atoms with Crippen molar-refractivity contribution in [3.8, 4) is 0 Å². The van der Waals surface area contributed by atoms with Crippen molar-refractivity contribution in [1.29, 1.82) is 0 Å². The second kappa shape index (κ2) is 6.14. The van der Waals surface area contributed by atoms with Gasteiger partial charge in [0.15, 0.2) is 5.78 Å². The van der Waals surface area contributed by atoms with Crippen molar-refractivity contribution in [1.82, 2.24) is 4.98 Å². The fourth-order valence-corrected chi connectivity index (χ4v) is 1.98. The average molecular weight is 251 g/mol. The zero-order valence-electron chi connectivity index (χ0n) is 10.8. The number of Topliss-reactive ketones (excluding diaryl/α,β-unsaturated/α-hetero) is 1. The number of carbonyl (C=O) groups excluding carboxylic acids is 3. The van der Waals surface area contributed by atoms with E-state index in [-0.39, 0.29) is 24.5 Å². The molecule has 0 aliphatic carbocycles. The summed E-state index contributed by atoms with van der Waals surface area (Å²) in [6, 6.07) is 0. The van der Waals surface area contributed by atoms with Crippen LogP contribution in [0, 0.1) is 6.92 Å². The highest BCUT2D eigenvalue weighted by Gasteiger charge is 2.23. The van der Waals surface area contributed by atoms with Gasteiger partial charge < -0.3 is 14.5 Å². The Morgan fingerprint density at radius 2 is 2.06 bits per heavy atom. The van der Waals surface area contributed by atoms with Crippen LogP contribution in [0.25, 0.3) is 0 Å². The molecular weight excluding hydrogens is 234 g/mol. The van der Waals surface area contributed by atoms with Crippen LogP contribution in [-0.2, 0) is 16.0 Å². The molecule has 0 aliphatic heterocycles. The summed E-state index contributed by atoms with van der Waals surface area (Å²) in [4.78, 5) is 36.7. The van der Waals surface area contributed by atoms with Crippen molar-refractivity contribution in [2.24, 2.45) is 0 Å². The van der Waals surface area contributed by atoms with Crippen LogP contribution in [0.3, 0.4) is 0 Å². The summed E-state index contributed by atoms with van der Waals surface area (Å²) in [6.45, 7) is 5.14. The molecule has 18 heavy (non-hydrogen) atoms. The number of carbonyl (C=O) groups is 3. The maximum Gasteiger partial charge on any atom is 0.355 e. The van der Waals surface area contributed by atoms with Crippen LogP contribution in [0.2, 0.25) is 0 Å². The van der Waals surface area contributed by atoms with Gasteiger partial charge in [-0.3, -0.25) is 4.79 Å². The summed E-state index contributed by atoms with van der Waals surface area (Å²) in [6.07, 6.45) is 1.39. The lowest BCUT2D eigenvalue weighted by Gasteiger charge is -2.04. The van der Waals surface area contributed by atoms with Gasteiger partial charge in [-0.25, -0.2) is 4.79 Å². The largest absolute Gasteiger partial charge is 0.461 e. The van der Waals surface area contributed by atoms with E-state index in [1.165, 1.54) is 6.92 Å². The highest BCUT2D eigenvalue weighted by atomic mass is 16.5. The Balaban J connectivity index is 3.24. The number of rotatable bonds is 6. The topological polar surface area (TPSA) is 76.2 Å². The Kier molecular flexibility index (Phi) is 4.83. The van der Waals surface area contributed by atoms with E-state index in [1.807, 2.05) is 0 Å². The predicted molar refractivity (Wildman–Crippen MR) is 65.9 cm³/mol. The number of aldehydes is 1. The molecule has 0 saturated heterocycles. The monoisotopic (exact) mass is 251 g/mol. The Labute approximate surface area is 106 Å². The lowest BCUT2D eigenvalue weighted by molar-refractivity contribution is -0.107. The first-order valence-electron chi connectivity index (χ1n) is 5.86. The predicted octanol–water partition coefficient (Wildman–Crippen LogP) is 1.83. The van der Waals surface area contributed by atoms with Crippen LogP contribution in [0.15, 0.2) is 0 Å². The summed E-state index contributed by atoms with van der Waals surface area (Å²) in [5.41, 5.74) is 1.97. The molecule has 0 aromatic carbocycles. The van der Waals surface area contributed by atoms with Crippen molar-refractivity contribution in [3.05, 3.63) is 22.5 Å². The van der Waals surface area contributed by atoms with Crippen LogP contribution in [-0.4, -0.2) is 29.6 Å². The van der Waals surface area contributed by atoms with Gasteiger partial charge in [-0.15, -0.1) is 0 Å². The minimum Gasteiger partial charge on any atom is -0.461 e. The highest BCUT2D eigenvalue weighted by Crippen LogP contribution is 2.21. The second-order valence-electron chi connectivity index (χ2n) is 3.96. The number of hydrogen-bond acceptors (Lipinski definition) is 4. The van der Waals surface area contributed by atoms with Crippen LogP contribution in [0.4, 0.5) is 0 Å². The first kappa shape index (κ1) is 14.2. The average Bonchev–Trinajstić information content (AvgIpc) is 2.63. The quantitative estimate of drug-likeness (QED) is 0.475. The Morgan fingerprint density at radius 3 is 2.56 bits per heavy atom. The number of ketones is 1. The van der Waals surface area contributed by atoms with E-state index in [2.05, 4.69) is 4.98 Å². The first-order valence-corrected chi connectivity index (χ1v) is 5.86. The van der Waals surface area contributed by atoms with Gasteiger partial charge in [0, 0.05) is 17.7 Å². The van der Waals surface area contributed by atoms with Crippen LogP contribution >= 0.6 is 0 Å². The summed E-state index contributed by atoms with van der Waals surface area (Å²) in [5.74, 6) is -0.616. The Bertz CT molecular complexity index is 474. The van der Waals surface area contributed by atoms with E-state index in [0.717, 1.165) is 6.29 Å². The van der Waals surface area contributed by atoms with E-state index >= 15 is 0 Å². The third-order valence-electron chi connectivity index (χ3n) is 2.63. The zero-order chi connectivity index (χ0) is 13.7. The van der Waals surface area contributed by atoms with Gasteiger partial charge in [0.05, 0.1) is 6.61 Å². The molecule has 1 aromatic rings. The molecule has 0 amide bonds. The number of hydrogen-bond donors (Lipinski definition) is 1. The highest BCUT2D eigenvalue weighted by molar-refractivity contribution is 6.01. The van der Waals surface area contributed by atoms with Crippen molar-refractivity contribution >= 4 is 18.0 Å². The molecule has 1 rings (SSSR count). The van der Waals surface area contributed by atoms with E-state index in [1.54, 1.807) is 13.8 Å². The van der Waals surface area contributed by atoms with Gasteiger partial charge in [-0.2, -0.15) is 0 Å². The number of aromatic nitrogens is 1. The third-order valence-corrected chi connectivity index (χ3v) is 2.63. The van der Waals surface area contributed by atoms with Crippen molar-refractivity contribution in [2.45, 2.75) is 33.6 Å². The molecule has 0 bridgehead atoms. The molecule has 1 aromatic heterocycles. The van der Waals surface area contributed by atoms with Gasteiger partial charge in [-0.05, 0) is 32.8 Å². The summed E-state index contributed by atoms with van der Waals surface area (Å²) in [7, 11) is 0. The second-order valence-corrected chi connectivity index (χ2v) is 3.96. The van der Waals surface area contributed by atoms with Gasteiger partial charge in [0.25, 0.3) is 0 Å².